The van der Waals surface area contributed by atoms with Crippen molar-refractivity contribution < 1.29 is 13.9 Å². The first-order chi connectivity index (χ1) is 15.7. The maximum Gasteiger partial charge on any atom is 0.196 e. The lowest BCUT2D eigenvalue weighted by Gasteiger charge is -2.12. The molecule has 0 aliphatic heterocycles. The van der Waals surface area contributed by atoms with Gasteiger partial charge >= 0.3 is 0 Å². The van der Waals surface area contributed by atoms with Gasteiger partial charge in [0.15, 0.2) is 11.0 Å². The minimum Gasteiger partial charge on any atom is -0.497 e. The van der Waals surface area contributed by atoms with Crippen LogP contribution in [0.2, 0.25) is 0 Å². The van der Waals surface area contributed by atoms with Crippen molar-refractivity contribution in [1.82, 2.24) is 19.7 Å². The Hall–Kier alpha value is -2.91. The lowest BCUT2D eigenvalue weighted by molar-refractivity contribution is 0.292. The minimum atomic E-state index is -0.348. The molecule has 4 aromatic rings. The number of hydrogen-bond acceptors (Lipinski definition) is 7. The van der Waals surface area contributed by atoms with Crippen molar-refractivity contribution in [3.8, 4) is 17.2 Å². The number of methoxy groups -OCH3 is 1. The maximum absolute atomic E-state index is 14.7. The van der Waals surface area contributed by atoms with Crippen LogP contribution in [-0.2, 0) is 18.8 Å². The molecular weight excluding hydrogens is 447 g/mol. The number of ether oxygens (including phenoxy) is 2. The molecule has 2 heterocycles. The second-order valence-corrected chi connectivity index (χ2v) is 8.81. The van der Waals surface area contributed by atoms with E-state index in [0.29, 0.717) is 28.2 Å². The molecule has 0 aliphatic rings. The predicted molar refractivity (Wildman–Crippen MR) is 124 cm³/mol. The van der Waals surface area contributed by atoms with E-state index in [1.165, 1.54) is 17.8 Å². The number of thioether (sulfide) groups is 1. The fourth-order valence-electron chi connectivity index (χ4n) is 3.06. The average molecular weight is 471 g/mol. The van der Waals surface area contributed by atoms with Crippen LogP contribution in [0.25, 0.3) is 5.69 Å². The number of para-hydroxylation sites is 1. The fraction of sp³-hybridized carbons (Fsp3) is 0.261. The maximum atomic E-state index is 14.7. The van der Waals surface area contributed by atoms with E-state index in [4.69, 9.17) is 9.47 Å². The molecular formula is C23H23FN4O2S2. The van der Waals surface area contributed by atoms with E-state index < -0.39 is 0 Å². The third-order valence-corrected chi connectivity index (χ3v) is 6.55. The number of halogens is 1. The Labute approximate surface area is 194 Å². The molecule has 0 fully saturated rings. The zero-order chi connectivity index (χ0) is 22.3. The fourth-order valence-corrected chi connectivity index (χ4v) is 4.93. The van der Waals surface area contributed by atoms with Crippen LogP contribution in [-0.4, -0.2) is 26.9 Å². The normalized spacial score (nSPS) is 11.0. The largest absolute Gasteiger partial charge is 0.497 e. The highest BCUT2D eigenvalue weighted by atomic mass is 32.2. The molecule has 4 rings (SSSR count). The van der Waals surface area contributed by atoms with Crippen LogP contribution in [0.15, 0.2) is 59.1 Å². The number of aryl methyl sites for hydroxylation is 1. The van der Waals surface area contributed by atoms with Gasteiger partial charge in [0.1, 0.15) is 23.9 Å². The number of benzene rings is 2. The summed E-state index contributed by atoms with van der Waals surface area (Å²) < 4.78 is 27.4. The lowest BCUT2D eigenvalue weighted by Crippen LogP contribution is -2.08. The first-order valence-electron chi connectivity index (χ1n) is 10.2. The Kier molecular flexibility index (Phi) is 7.39. The molecule has 2 aromatic carbocycles. The van der Waals surface area contributed by atoms with Crippen molar-refractivity contribution in [2.75, 3.05) is 7.11 Å². The Bertz CT molecular complexity index is 1160. The smallest absolute Gasteiger partial charge is 0.196 e. The molecule has 6 nitrogen and oxygen atoms in total. The standard InChI is InChI=1S/C23H23FN4O2S2/c1-3-6-22-25-16(14-31-22)15-32-23-27-26-21(28(23)20-8-5-4-7-19(20)24)13-30-18-11-9-17(29-2)10-12-18/h4-5,7-12,14H,3,6,13,15H2,1-2H3. The summed E-state index contributed by atoms with van der Waals surface area (Å²) in [5.74, 6) is 2.20. The summed E-state index contributed by atoms with van der Waals surface area (Å²) >= 11 is 3.15. The predicted octanol–water partition coefficient (Wildman–Crippen LogP) is 5.70. The summed E-state index contributed by atoms with van der Waals surface area (Å²) in [4.78, 5) is 4.66. The summed E-state index contributed by atoms with van der Waals surface area (Å²) in [7, 11) is 1.61. The van der Waals surface area contributed by atoms with Crippen LogP contribution >= 0.6 is 23.1 Å². The topological polar surface area (TPSA) is 62.1 Å². The molecule has 0 aliphatic carbocycles. The summed E-state index contributed by atoms with van der Waals surface area (Å²) in [5, 5.41) is 12.4. The molecule has 32 heavy (non-hydrogen) atoms. The van der Waals surface area contributed by atoms with Crippen molar-refractivity contribution in [3.63, 3.8) is 0 Å². The highest BCUT2D eigenvalue weighted by Crippen LogP contribution is 2.28. The number of hydrogen-bond donors (Lipinski definition) is 0. The van der Waals surface area contributed by atoms with Gasteiger partial charge in [-0.3, -0.25) is 4.57 Å². The van der Waals surface area contributed by atoms with Crippen molar-refractivity contribution in [2.24, 2.45) is 0 Å². The van der Waals surface area contributed by atoms with Crippen LogP contribution in [0.1, 0.15) is 29.9 Å². The zero-order valence-corrected chi connectivity index (χ0v) is 19.5. The molecule has 166 valence electrons. The Morgan fingerprint density at radius 1 is 1.06 bits per heavy atom. The quantitative estimate of drug-likeness (QED) is 0.277. The molecule has 2 aromatic heterocycles. The molecule has 0 spiro atoms. The van der Waals surface area contributed by atoms with Gasteiger partial charge in [-0.25, -0.2) is 9.37 Å². The monoisotopic (exact) mass is 470 g/mol. The third kappa shape index (κ3) is 5.28. The van der Waals surface area contributed by atoms with Gasteiger partial charge in [0.05, 0.1) is 23.5 Å². The Balaban J connectivity index is 1.55. The average Bonchev–Trinajstić information content (AvgIpc) is 3.44. The van der Waals surface area contributed by atoms with E-state index in [-0.39, 0.29) is 12.4 Å². The second-order valence-electron chi connectivity index (χ2n) is 6.92. The Morgan fingerprint density at radius 3 is 2.59 bits per heavy atom. The summed E-state index contributed by atoms with van der Waals surface area (Å²) in [6, 6.07) is 13.9. The molecule has 0 bridgehead atoms. The number of thiazole rings is 1. The van der Waals surface area contributed by atoms with Gasteiger partial charge < -0.3 is 9.47 Å². The second kappa shape index (κ2) is 10.6. The number of aromatic nitrogens is 4. The molecule has 0 radical (unpaired) electrons. The zero-order valence-electron chi connectivity index (χ0n) is 17.8. The molecule has 0 N–H and O–H groups in total. The molecule has 9 heteroatoms. The van der Waals surface area contributed by atoms with E-state index >= 15 is 0 Å². The van der Waals surface area contributed by atoms with Crippen LogP contribution in [0.5, 0.6) is 11.5 Å². The van der Waals surface area contributed by atoms with Crippen LogP contribution < -0.4 is 9.47 Å². The van der Waals surface area contributed by atoms with E-state index in [1.54, 1.807) is 41.2 Å². The summed E-state index contributed by atoms with van der Waals surface area (Å²) in [6.45, 7) is 2.29. The van der Waals surface area contributed by atoms with Crippen molar-refractivity contribution >= 4 is 23.1 Å². The first kappa shape index (κ1) is 22.3. The van der Waals surface area contributed by atoms with Gasteiger partial charge in [0.25, 0.3) is 0 Å². The first-order valence-corrected chi connectivity index (χ1v) is 12.1. The Morgan fingerprint density at radius 2 is 1.84 bits per heavy atom. The van der Waals surface area contributed by atoms with Gasteiger partial charge in [-0.2, -0.15) is 0 Å². The molecule has 0 saturated carbocycles. The number of nitrogens with zero attached hydrogens (tertiary/aromatic N) is 4. The highest BCUT2D eigenvalue weighted by Gasteiger charge is 2.18. The van der Waals surface area contributed by atoms with Gasteiger partial charge in [-0.15, -0.1) is 21.5 Å². The molecule has 0 unspecified atom stereocenters. The van der Waals surface area contributed by atoms with E-state index in [2.05, 4.69) is 27.5 Å². The van der Waals surface area contributed by atoms with Gasteiger partial charge in [0, 0.05) is 11.1 Å². The van der Waals surface area contributed by atoms with Gasteiger partial charge in [-0.05, 0) is 49.2 Å². The van der Waals surface area contributed by atoms with Crippen molar-refractivity contribution in [2.45, 2.75) is 37.3 Å². The third-order valence-electron chi connectivity index (χ3n) is 4.63. The van der Waals surface area contributed by atoms with E-state index in [0.717, 1.165) is 29.3 Å². The van der Waals surface area contributed by atoms with Gasteiger partial charge in [-0.1, -0.05) is 30.8 Å². The molecule has 0 saturated heterocycles. The minimum absolute atomic E-state index is 0.144. The van der Waals surface area contributed by atoms with Crippen LogP contribution in [0, 0.1) is 5.82 Å². The molecule has 0 amide bonds. The van der Waals surface area contributed by atoms with Crippen LogP contribution in [0.4, 0.5) is 4.39 Å². The van der Waals surface area contributed by atoms with E-state index in [9.17, 15) is 4.39 Å². The lowest BCUT2D eigenvalue weighted by atomic mass is 10.3. The summed E-state index contributed by atoms with van der Waals surface area (Å²) in [6.07, 6.45) is 2.05. The highest BCUT2D eigenvalue weighted by molar-refractivity contribution is 7.98. The number of rotatable bonds is 10. The SMILES string of the molecule is CCCc1nc(CSc2nnc(COc3ccc(OC)cc3)n2-c2ccccc2F)cs1. The van der Waals surface area contributed by atoms with Crippen LogP contribution in [0.3, 0.4) is 0 Å². The van der Waals surface area contributed by atoms with Gasteiger partial charge in [0.2, 0.25) is 0 Å². The van der Waals surface area contributed by atoms with Crippen molar-refractivity contribution in [3.05, 3.63) is 76.3 Å². The van der Waals surface area contributed by atoms with E-state index in [1.807, 2.05) is 24.3 Å². The van der Waals surface area contributed by atoms with Crippen molar-refractivity contribution in [1.29, 1.82) is 0 Å². The summed E-state index contributed by atoms with van der Waals surface area (Å²) in [5.41, 5.74) is 1.38. The molecule has 0 atom stereocenters.